The summed E-state index contributed by atoms with van der Waals surface area (Å²) in [6, 6.07) is 8.48. The van der Waals surface area contributed by atoms with Crippen LogP contribution in [0, 0.1) is 34.5 Å². The first-order valence-corrected chi connectivity index (χ1v) is 11.1. The van der Waals surface area contributed by atoms with E-state index in [4.69, 9.17) is 10.00 Å². The number of nitrogens with one attached hydrogen (secondary N) is 2. The summed E-state index contributed by atoms with van der Waals surface area (Å²) in [4.78, 5) is 36.9. The first-order chi connectivity index (χ1) is 14.8. The van der Waals surface area contributed by atoms with Crippen LogP contribution in [-0.2, 0) is 19.1 Å². The molecule has 4 aliphatic carbocycles. The lowest BCUT2D eigenvalue weighted by atomic mass is 9.49. The van der Waals surface area contributed by atoms with Gasteiger partial charge < -0.3 is 15.4 Å². The molecule has 31 heavy (non-hydrogen) atoms. The number of nitriles is 1. The summed E-state index contributed by atoms with van der Waals surface area (Å²) < 4.78 is 5.15. The zero-order valence-corrected chi connectivity index (χ0v) is 17.9. The smallest absolute Gasteiger partial charge is 0.326 e. The number of hydrogen-bond donors (Lipinski definition) is 2. The van der Waals surface area contributed by atoms with E-state index in [9.17, 15) is 14.4 Å². The maximum Gasteiger partial charge on any atom is 0.326 e. The first kappa shape index (κ1) is 21.4. The summed E-state index contributed by atoms with van der Waals surface area (Å²) in [6.45, 7) is 1.23. The van der Waals surface area contributed by atoms with Crippen molar-refractivity contribution in [1.29, 1.82) is 5.26 Å². The molecule has 0 unspecified atom stereocenters. The molecule has 0 aliphatic heterocycles. The van der Waals surface area contributed by atoms with Crippen LogP contribution in [0.5, 0.6) is 0 Å². The fourth-order valence-corrected chi connectivity index (χ4v) is 6.28. The Kier molecular flexibility index (Phi) is 5.99. The largest absolute Gasteiger partial charge is 0.451 e. The van der Waals surface area contributed by atoms with Gasteiger partial charge in [-0.05, 0) is 86.8 Å². The van der Waals surface area contributed by atoms with Crippen LogP contribution in [0.4, 0.5) is 5.69 Å². The number of benzene rings is 1. The van der Waals surface area contributed by atoms with Crippen molar-refractivity contribution >= 4 is 23.5 Å². The van der Waals surface area contributed by atoms with Gasteiger partial charge in [0.25, 0.3) is 5.91 Å². The highest BCUT2D eigenvalue weighted by atomic mass is 16.5. The molecule has 4 aliphatic rings. The molecule has 0 saturated heterocycles. The second-order valence-electron chi connectivity index (χ2n) is 9.69. The van der Waals surface area contributed by atoms with Crippen molar-refractivity contribution in [3.05, 3.63) is 29.8 Å². The minimum absolute atomic E-state index is 0.107. The van der Waals surface area contributed by atoms with Gasteiger partial charge in [0.15, 0.2) is 6.10 Å². The Balaban J connectivity index is 1.21. The molecular weight excluding hydrogens is 394 g/mol. The van der Waals surface area contributed by atoms with Gasteiger partial charge in [-0.1, -0.05) is 6.07 Å². The second kappa shape index (κ2) is 8.70. The molecule has 0 radical (unpaired) electrons. The molecule has 5 rings (SSSR count). The monoisotopic (exact) mass is 423 g/mol. The van der Waals surface area contributed by atoms with Crippen LogP contribution in [0.1, 0.15) is 57.4 Å². The van der Waals surface area contributed by atoms with Gasteiger partial charge in [0.1, 0.15) is 6.54 Å². The standard InChI is InChI=1S/C24H29N3O4/c1-15(23(30)27-20-4-2-3-16(8-20)13-25)31-22(29)14-26-21(28)12-24-9-17-5-18(10-24)7-19(6-17)11-24/h2-4,8,15,17-19H,5-7,9-12,14H2,1H3,(H,26,28)(H,27,30)/t15-,17?,18?,19?,24?/m1/s1. The van der Waals surface area contributed by atoms with Crippen molar-refractivity contribution in [2.75, 3.05) is 11.9 Å². The number of hydrogen-bond acceptors (Lipinski definition) is 5. The Bertz CT molecular complexity index is 884. The van der Waals surface area contributed by atoms with Crippen molar-refractivity contribution in [2.24, 2.45) is 23.2 Å². The average molecular weight is 424 g/mol. The molecule has 1 aromatic carbocycles. The Morgan fingerprint density at radius 1 is 1.16 bits per heavy atom. The second-order valence-corrected chi connectivity index (χ2v) is 9.69. The van der Waals surface area contributed by atoms with E-state index in [0.717, 1.165) is 37.0 Å². The Morgan fingerprint density at radius 3 is 2.42 bits per heavy atom. The number of esters is 1. The van der Waals surface area contributed by atoms with E-state index in [-0.39, 0.29) is 17.9 Å². The lowest BCUT2D eigenvalue weighted by Gasteiger charge is -2.56. The van der Waals surface area contributed by atoms with E-state index in [0.29, 0.717) is 17.7 Å². The number of carbonyl (C=O) groups excluding carboxylic acids is 3. The molecule has 1 atom stereocenters. The predicted octanol–water partition coefficient (Wildman–Crippen LogP) is 3.15. The average Bonchev–Trinajstić information content (AvgIpc) is 2.71. The number of nitrogens with zero attached hydrogens (tertiary/aromatic N) is 1. The third-order valence-corrected chi connectivity index (χ3v) is 7.07. The third kappa shape index (κ3) is 5.07. The van der Waals surface area contributed by atoms with Gasteiger partial charge in [-0.2, -0.15) is 5.26 Å². The third-order valence-electron chi connectivity index (χ3n) is 7.07. The summed E-state index contributed by atoms with van der Waals surface area (Å²) in [6.07, 6.45) is 6.87. The topological polar surface area (TPSA) is 108 Å². The molecule has 4 bridgehead atoms. The number of carbonyl (C=O) groups is 3. The molecule has 0 aromatic heterocycles. The number of rotatable bonds is 7. The molecule has 0 heterocycles. The van der Waals surface area contributed by atoms with Crippen molar-refractivity contribution in [2.45, 2.75) is 58.0 Å². The van der Waals surface area contributed by atoms with E-state index in [1.54, 1.807) is 18.2 Å². The lowest BCUT2D eigenvalue weighted by Crippen LogP contribution is -2.48. The maximum atomic E-state index is 12.5. The SMILES string of the molecule is C[C@@H](OC(=O)CNC(=O)CC12CC3CC(CC(C3)C1)C2)C(=O)Nc1cccc(C#N)c1. The fraction of sp³-hybridized carbons (Fsp3) is 0.583. The van der Waals surface area contributed by atoms with Crippen molar-refractivity contribution < 1.29 is 19.1 Å². The normalized spacial score (nSPS) is 29.0. The van der Waals surface area contributed by atoms with Crippen LogP contribution in [0.3, 0.4) is 0 Å². The fourth-order valence-electron chi connectivity index (χ4n) is 6.28. The van der Waals surface area contributed by atoms with Crippen molar-refractivity contribution in [3.8, 4) is 6.07 Å². The highest BCUT2D eigenvalue weighted by Crippen LogP contribution is 2.61. The van der Waals surface area contributed by atoms with Gasteiger partial charge in [-0.25, -0.2) is 0 Å². The van der Waals surface area contributed by atoms with Crippen LogP contribution >= 0.6 is 0 Å². The molecule has 7 nitrogen and oxygen atoms in total. The molecule has 4 saturated carbocycles. The first-order valence-electron chi connectivity index (χ1n) is 11.1. The quantitative estimate of drug-likeness (QED) is 0.655. The molecule has 4 fully saturated rings. The van der Waals surface area contributed by atoms with E-state index >= 15 is 0 Å². The van der Waals surface area contributed by atoms with Crippen LogP contribution in [0.2, 0.25) is 0 Å². The molecule has 2 amide bonds. The zero-order valence-electron chi connectivity index (χ0n) is 17.9. The molecule has 164 valence electrons. The number of ether oxygens (including phenoxy) is 1. The molecule has 0 spiro atoms. The summed E-state index contributed by atoms with van der Waals surface area (Å²) in [5.74, 6) is 1.08. The van der Waals surface area contributed by atoms with Gasteiger partial charge in [0.2, 0.25) is 5.91 Å². The Hall–Kier alpha value is -2.88. The lowest BCUT2D eigenvalue weighted by molar-refractivity contribution is -0.153. The van der Waals surface area contributed by atoms with Gasteiger partial charge in [-0.15, -0.1) is 0 Å². The minimum atomic E-state index is -1.02. The minimum Gasteiger partial charge on any atom is -0.451 e. The molecular formula is C24H29N3O4. The van der Waals surface area contributed by atoms with E-state index in [1.807, 2.05) is 6.07 Å². The van der Waals surface area contributed by atoms with Gasteiger partial charge in [0.05, 0.1) is 11.6 Å². The van der Waals surface area contributed by atoms with Gasteiger partial charge in [0, 0.05) is 12.1 Å². The predicted molar refractivity (Wildman–Crippen MR) is 114 cm³/mol. The zero-order chi connectivity index (χ0) is 22.0. The number of amides is 2. The molecule has 7 heteroatoms. The Labute approximate surface area is 182 Å². The molecule has 2 N–H and O–H groups in total. The van der Waals surface area contributed by atoms with Crippen LogP contribution in [0.15, 0.2) is 24.3 Å². The van der Waals surface area contributed by atoms with Crippen LogP contribution in [0.25, 0.3) is 0 Å². The summed E-state index contributed by atoms with van der Waals surface area (Å²) in [5.41, 5.74) is 0.994. The summed E-state index contributed by atoms with van der Waals surface area (Å²) in [7, 11) is 0. The summed E-state index contributed by atoms with van der Waals surface area (Å²) >= 11 is 0. The highest BCUT2D eigenvalue weighted by Gasteiger charge is 2.51. The van der Waals surface area contributed by atoms with E-state index < -0.39 is 18.0 Å². The van der Waals surface area contributed by atoms with Crippen molar-refractivity contribution in [3.63, 3.8) is 0 Å². The van der Waals surface area contributed by atoms with Crippen LogP contribution < -0.4 is 10.6 Å². The van der Waals surface area contributed by atoms with Gasteiger partial charge >= 0.3 is 5.97 Å². The van der Waals surface area contributed by atoms with Crippen LogP contribution in [-0.4, -0.2) is 30.4 Å². The Morgan fingerprint density at radius 2 is 1.81 bits per heavy atom. The van der Waals surface area contributed by atoms with Gasteiger partial charge in [-0.3, -0.25) is 14.4 Å². The maximum absolute atomic E-state index is 12.5. The van der Waals surface area contributed by atoms with Crippen molar-refractivity contribution in [1.82, 2.24) is 5.32 Å². The number of anilines is 1. The summed E-state index contributed by atoms with van der Waals surface area (Å²) in [5, 5.41) is 14.2. The molecule has 1 aromatic rings. The van der Waals surface area contributed by atoms with E-state index in [2.05, 4.69) is 10.6 Å². The highest BCUT2D eigenvalue weighted by molar-refractivity contribution is 5.95. The van der Waals surface area contributed by atoms with E-state index in [1.165, 1.54) is 32.3 Å².